The van der Waals surface area contributed by atoms with Crippen molar-refractivity contribution in [3.05, 3.63) is 24.3 Å². The van der Waals surface area contributed by atoms with Crippen LogP contribution >= 0.6 is 0 Å². The van der Waals surface area contributed by atoms with Crippen LogP contribution in [0, 0.1) is 0 Å². The monoisotopic (exact) mass is 291 g/mol. The van der Waals surface area contributed by atoms with Crippen LogP contribution in [0.5, 0.6) is 11.5 Å². The van der Waals surface area contributed by atoms with E-state index in [4.69, 9.17) is 14.2 Å². The number of para-hydroxylation sites is 2. The summed E-state index contributed by atoms with van der Waals surface area (Å²) in [5.41, 5.74) is 0. The van der Waals surface area contributed by atoms with Crippen LogP contribution in [0.3, 0.4) is 0 Å². The van der Waals surface area contributed by atoms with Crippen molar-refractivity contribution >= 4 is 11.9 Å². The normalized spacial score (nSPS) is 20.2. The van der Waals surface area contributed by atoms with Gasteiger partial charge in [-0.2, -0.15) is 0 Å². The number of benzene rings is 1. The highest BCUT2D eigenvalue weighted by atomic mass is 16.6. The number of hydrogen-bond donors (Lipinski definition) is 0. The number of amides is 1. The van der Waals surface area contributed by atoms with Gasteiger partial charge in [0, 0.05) is 13.1 Å². The van der Waals surface area contributed by atoms with Crippen LogP contribution < -0.4 is 9.47 Å². The molecule has 3 rings (SSSR count). The number of carbonyl (C=O) groups excluding carboxylic acids is 2. The Morgan fingerprint density at radius 2 is 1.90 bits per heavy atom. The molecule has 1 amide bonds. The smallest absolute Gasteiger partial charge is 0.351 e. The van der Waals surface area contributed by atoms with Crippen molar-refractivity contribution in [3.63, 3.8) is 0 Å². The van der Waals surface area contributed by atoms with Gasteiger partial charge in [0.1, 0.15) is 6.61 Å². The standard InChI is InChI=1S/C15H17NO5/c17-14(16-7-3-4-8-16)10-20-15(18)13-9-19-11-5-1-2-6-12(11)21-13/h1-2,5-6,13H,3-4,7-10H2/t13-/m1/s1. The summed E-state index contributed by atoms with van der Waals surface area (Å²) < 4.78 is 16.0. The first-order chi connectivity index (χ1) is 10.2. The fourth-order valence-corrected chi connectivity index (χ4v) is 2.42. The summed E-state index contributed by atoms with van der Waals surface area (Å²) in [5, 5.41) is 0. The molecule has 2 heterocycles. The predicted molar refractivity (Wildman–Crippen MR) is 73.1 cm³/mol. The summed E-state index contributed by atoms with van der Waals surface area (Å²) in [4.78, 5) is 25.4. The van der Waals surface area contributed by atoms with E-state index in [2.05, 4.69) is 0 Å². The van der Waals surface area contributed by atoms with E-state index in [1.807, 2.05) is 6.07 Å². The molecular formula is C15H17NO5. The van der Waals surface area contributed by atoms with Crippen LogP contribution in [0.25, 0.3) is 0 Å². The summed E-state index contributed by atoms with van der Waals surface area (Å²) >= 11 is 0. The Kier molecular flexibility index (Phi) is 3.94. The highest BCUT2D eigenvalue weighted by Gasteiger charge is 2.29. The number of likely N-dealkylation sites (tertiary alicyclic amines) is 1. The van der Waals surface area contributed by atoms with Crippen molar-refractivity contribution in [1.29, 1.82) is 0 Å². The van der Waals surface area contributed by atoms with E-state index < -0.39 is 12.1 Å². The summed E-state index contributed by atoms with van der Waals surface area (Å²) in [7, 11) is 0. The van der Waals surface area contributed by atoms with Crippen LogP contribution in [0.2, 0.25) is 0 Å². The quantitative estimate of drug-likeness (QED) is 0.777. The van der Waals surface area contributed by atoms with Gasteiger partial charge < -0.3 is 19.1 Å². The molecule has 0 unspecified atom stereocenters. The van der Waals surface area contributed by atoms with E-state index in [1.54, 1.807) is 23.1 Å². The van der Waals surface area contributed by atoms with Gasteiger partial charge in [0.05, 0.1) is 0 Å². The lowest BCUT2D eigenvalue weighted by molar-refractivity contribution is -0.159. The SMILES string of the molecule is O=C(OCC(=O)N1CCCC1)[C@H]1COc2ccccc2O1. The number of esters is 1. The topological polar surface area (TPSA) is 65.1 Å². The zero-order chi connectivity index (χ0) is 14.7. The van der Waals surface area contributed by atoms with Gasteiger partial charge in [-0.05, 0) is 25.0 Å². The van der Waals surface area contributed by atoms with Crippen molar-refractivity contribution < 1.29 is 23.8 Å². The third kappa shape index (κ3) is 3.09. The van der Waals surface area contributed by atoms with Crippen molar-refractivity contribution in [1.82, 2.24) is 4.90 Å². The van der Waals surface area contributed by atoms with E-state index in [0.29, 0.717) is 11.5 Å². The second kappa shape index (κ2) is 6.03. The molecule has 0 aliphatic carbocycles. The van der Waals surface area contributed by atoms with Gasteiger partial charge in [-0.3, -0.25) is 4.79 Å². The lowest BCUT2D eigenvalue weighted by atomic mass is 10.2. The number of nitrogens with zero attached hydrogens (tertiary/aromatic N) is 1. The van der Waals surface area contributed by atoms with Gasteiger partial charge in [0.25, 0.3) is 5.91 Å². The van der Waals surface area contributed by atoms with E-state index >= 15 is 0 Å². The molecule has 21 heavy (non-hydrogen) atoms. The fraction of sp³-hybridized carbons (Fsp3) is 0.467. The molecule has 1 aromatic rings. The minimum atomic E-state index is -0.828. The van der Waals surface area contributed by atoms with E-state index in [1.165, 1.54) is 0 Å². The molecular weight excluding hydrogens is 274 g/mol. The molecule has 6 heteroatoms. The molecule has 1 atom stereocenters. The number of hydrogen-bond acceptors (Lipinski definition) is 5. The minimum Gasteiger partial charge on any atom is -0.485 e. The Balaban J connectivity index is 1.51. The molecule has 0 spiro atoms. The molecule has 2 aliphatic heterocycles. The van der Waals surface area contributed by atoms with Gasteiger partial charge >= 0.3 is 5.97 Å². The number of fused-ring (bicyclic) bond motifs is 1. The van der Waals surface area contributed by atoms with Crippen molar-refractivity contribution in [3.8, 4) is 11.5 Å². The lowest BCUT2D eigenvalue weighted by Crippen LogP contribution is -2.40. The Morgan fingerprint density at radius 1 is 1.19 bits per heavy atom. The first-order valence-corrected chi connectivity index (χ1v) is 7.07. The third-order valence-electron chi connectivity index (χ3n) is 3.57. The fourth-order valence-electron chi connectivity index (χ4n) is 2.42. The van der Waals surface area contributed by atoms with Crippen LogP contribution in [0.4, 0.5) is 0 Å². The Morgan fingerprint density at radius 3 is 2.67 bits per heavy atom. The maximum absolute atomic E-state index is 11.9. The summed E-state index contributed by atoms with van der Waals surface area (Å²) in [6.07, 6.45) is 1.19. The van der Waals surface area contributed by atoms with Crippen molar-refractivity contribution in [2.45, 2.75) is 18.9 Å². The second-order valence-electron chi connectivity index (χ2n) is 5.06. The van der Waals surface area contributed by atoms with E-state index in [-0.39, 0.29) is 19.1 Å². The van der Waals surface area contributed by atoms with Crippen LogP contribution in [0.1, 0.15) is 12.8 Å². The molecule has 0 N–H and O–H groups in total. The number of carbonyl (C=O) groups is 2. The average Bonchev–Trinajstić information content (AvgIpc) is 3.06. The second-order valence-corrected chi connectivity index (χ2v) is 5.06. The molecule has 112 valence electrons. The average molecular weight is 291 g/mol. The molecule has 1 aromatic carbocycles. The lowest BCUT2D eigenvalue weighted by Gasteiger charge is -2.25. The Labute approximate surface area is 122 Å². The summed E-state index contributed by atoms with van der Waals surface area (Å²) in [6, 6.07) is 7.13. The van der Waals surface area contributed by atoms with Crippen molar-refractivity contribution in [2.75, 3.05) is 26.3 Å². The van der Waals surface area contributed by atoms with E-state index in [0.717, 1.165) is 25.9 Å². The zero-order valence-corrected chi connectivity index (χ0v) is 11.6. The maximum Gasteiger partial charge on any atom is 0.351 e. The largest absolute Gasteiger partial charge is 0.485 e. The summed E-state index contributed by atoms with van der Waals surface area (Å²) in [5.74, 6) is 0.390. The molecule has 0 saturated carbocycles. The predicted octanol–water partition coefficient (Wildman–Crippen LogP) is 0.992. The van der Waals surface area contributed by atoms with Crippen LogP contribution in [0.15, 0.2) is 24.3 Å². The number of rotatable bonds is 3. The van der Waals surface area contributed by atoms with Gasteiger partial charge in [0.15, 0.2) is 18.1 Å². The highest BCUT2D eigenvalue weighted by molar-refractivity contribution is 5.82. The summed E-state index contributed by atoms with van der Waals surface area (Å²) in [6.45, 7) is 1.34. The maximum atomic E-state index is 11.9. The molecule has 6 nitrogen and oxygen atoms in total. The minimum absolute atomic E-state index is 0.0910. The van der Waals surface area contributed by atoms with Gasteiger partial charge in [-0.1, -0.05) is 12.1 Å². The van der Waals surface area contributed by atoms with Crippen molar-refractivity contribution in [2.24, 2.45) is 0 Å². The number of ether oxygens (including phenoxy) is 3. The van der Waals surface area contributed by atoms with Gasteiger partial charge in [-0.25, -0.2) is 4.79 Å². The zero-order valence-electron chi connectivity index (χ0n) is 11.6. The molecule has 2 aliphatic rings. The first kappa shape index (κ1) is 13.7. The molecule has 0 aromatic heterocycles. The van der Waals surface area contributed by atoms with Crippen LogP contribution in [-0.2, 0) is 14.3 Å². The molecule has 0 radical (unpaired) electrons. The third-order valence-corrected chi connectivity index (χ3v) is 3.57. The molecule has 0 bridgehead atoms. The van der Waals surface area contributed by atoms with Gasteiger partial charge in [-0.15, -0.1) is 0 Å². The Bertz CT molecular complexity index is 539. The molecule has 1 fully saturated rings. The van der Waals surface area contributed by atoms with Gasteiger partial charge in [0.2, 0.25) is 6.10 Å². The highest BCUT2D eigenvalue weighted by Crippen LogP contribution is 2.31. The molecule has 1 saturated heterocycles. The van der Waals surface area contributed by atoms with E-state index in [9.17, 15) is 9.59 Å². The van der Waals surface area contributed by atoms with Crippen LogP contribution in [-0.4, -0.2) is 49.2 Å². The first-order valence-electron chi connectivity index (χ1n) is 7.07. The Hall–Kier alpha value is -2.24.